The van der Waals surface area contributed by atoms with Gasteiger partial charge in [-0.15, -0.1) is 0 Å². The van der Waals surface area contributed by atoms with Crippen LogP contribution in [0.25, 0.3) is 10.9 Å². The summed E-state index contributed by atoms with van der Waals surface area (Å²) in [5.41, 5.74) is 0.914. The Kier molecular flexibility index (Phi) is 3.74. The van der Waals surface area contributed by atoms with Crippen molar-refractivity contribution in [3.05, 3.63) is 54.1 Å². The average molecular weight is 299 g/mol. The molecule has 0 aliphatic rings. The Hall–Kier alpha value is -2.89. The number of para-hydroxylation sites is 2. The summed E-state index contributed by atoms with van der Waals surface area (Å²) >= 11 is 0. The zero-order valence-corrected chi connectivity index (χ0v) is 11.9. The zero-order valence-electron chi connectivity index (χ0n) is 11.9. The minimum absolute atomic E-state index is 0.0713. The Balaban J connectivity index is 1.90. The predicted octanol–water partition coefficient (Wildman–Crippen LogP) is 3.10. The highest BCUT2D eigenvalue weighted by molar-refractivity contribution is 5.89. The summed E-state index contributed by atoms with van der Waals surface area (Å²) in [6.07, 6.45) is 1.30. The van der Waals surface area contributed by atoms with E-state index in [1.807, 2.05) is 0 Å². The lowest BCUT2D eigenvalue weighted by Crippen LogP contribution is -2.03. The fourth-order valence-electron chi connectivity index (χ4n) is 2.25. The number of phenolic OH excluding ortho intramolecular Hbond substituents is 1. The number of aromatic hydroxyl groups is 1. The van der Waals surface area contributed by atoms with Crippen LogP contribution in [0.1, 0.15) is 5.56 Å². The van der Waals surface area contributed by atoms with E-state index in [9.17, 15) is 9.50 Å². The number of anilines is 1. The first kappa shape index (κ1) is 14.1. The fraction of sp³-hybridized carbons (Fsp3) is 0.125. The molecule has 3 rings (SSSR count). The van der Waals surface area contributed by atoms with Gasteiger partial charge in [-0.2, -0.15) is 0 Å². The summed E-state index contributed by atoms with van der Waals surface area (Å²) < 4.78 is 18.8. The number of methoxy groups -OCH3 is 1. The van der Waals surface area contributed by atoms with Gasteiger partial charge in [-0.25, -0.2) is 14.4 Å². The standard InChI is InChI=1S/C16H14FN3O2/c1-22-13-7-2-4-10(15(13)21)8-18-16-11-5-3-6-12(17)14(11)19-9-20-16/h2-7,9,21H,8H2,1H3,(H,18,19,20). The molecule has 112 valence electrons. The lowest BCUT2D eigenvalue weighted by Gasteiger charge is -2.11. The van der Waals surface area contributed by atoms with Crippen molar-refractivity contribution >= 4 is 16.7 Å². The van der Waals surface area contributed by atoms with E-state index in [0.717, 1.165) is 0 Å². The zero-order chi connectivity index (χ0) is 15.5. The van der Waals surface area contributed by atoms with Crippen molar-refractivity contribution in [3.63, 3.8) is 0 Å². The van der Waals surface area contributed by atoms with Crippen molar-refractivity contribution in [2.45, 2.75) is 6.54 Å². The Bertz CT molecular complexity index is 824. The molecule has 0 aliphatic heterocycles. The van der Waals surface area contributed by atoms with E-state index in [0.29, 0.717) is 29.1 Å². The molecule has 5 nitrogen and oxygen atoms in total. The van der Waals surface area contributed by atoms with Gasteiger partial charge in [0.2, 0.25) is 0 Å². The molecule has 1 heterocycles. The lowest BCUT2D eigenvalue weighted by molar-refractivity contribution is 0.371. The van der Waals surface area contributed by atoms with Crippen LogP contribution in [0.4, 0.5) is 10.2 Å². The predicted molar refractivity (Wildman–Crippen MR) is 81.5 cm³/mol. The van der Waals surface area contributed by atoms with Gasteiger partial charge in [0.25, 0.3) is 0 Å². The van der Waals surface area contributed by atoms with Gasteiger partial charge >= 0.3 is 0 Å². The summed E-state index contributed by atoms with van der Waals surface area (Å²) in [6.45, 7) is 0.325. The van der Waals surface area contributed by atoms with Gasteiger partial charge in [0.1, 0.15) is 23.5 Å². The number of halogens is 1. The van der Waals surface area contributed by atoms with Gasteiger partial charge < -0.3 is 15.2 Å². The summed E-state index contributed by atoms with van der Waals surface area (Å²) in [5, 5.41) is 13.7. The summed E-state index contributed by atoms with van der Waals surface area (Å²) in [7, 11) is 1.49. The minimum Gasteiger partial charge on any atom is -0.504 e. The first-order valence-corrected chi connectivity index (χ1v) is 6.68. The molecule has 22 heavy (non-hydrogen) atoms. The van der Waals surface area contributed by atoms with Crippen molar-refractivity contribution in [3.8, 4) is 11.5 Å². The molecule has 0 aliphatic carbocycles. The molecule has 0 bridgehead atoms. The monoisotopic (exact) mass is 299 g/mol. The highest BCUT2D eigenvalue weighted by atomic mass is 19.1. The number of rotatable bonds is 4. The van der Waals surface area contributed by atoms with E-state index in [-0.39, 0.29) is 11.3 Å². The second-order valence-corrected chi connectivity index (χ2v) is 4.68. The van der Waals surface area contributed by atoms with Gasteiger partial charge in [0.05, 0.1) is 7.11 Å². The molecule has 6 heteroatoms. The van der Waals surface area contributed by atoms with Crippen molar-refractivity contribution in [1.82, 2.24) is 9.97 Å². The maximum Gasteiger partial charge on any atom is 0.162 e. The first-order valence-electron chi connectivity index (χ1n) is 6.68. The van der Waals surface area contributed by atoms with E-state index in [2.05, 4.69) is 15.3 Å². The van der Waals surface area contributed by atoms with E-state index in [1.54, 1.807) is 30.3 Å². The van der Waals surface area contributed by atoms with Crippen LogP contribution >= 0.6 is 0 Å². The Labute approximate surface area is 126 Å². The number of fused-ring (bicyclic) bond motifs is 1. The summed E-state index contributed by atoms with van der Waals surface area (Å²) in [4.78, 5) is 8.08. The molecule has 0 radical (unpaired) electrons. The lowest BCUT2D eigenvalue weighted by atomic mass is 10.1. The maximum absolute atomic E-state index is 13.7. The van der Waals surface area contributed by atoms with Crippen LogP contribution in [0.5, 0.6) is 11.5 Å². The number of aromatic nitrogens is 2. The van der Waals surface area contributed by atoms with E-state index in [4.69, 9.17) is 4.74 Å². The van der Waals surface area contributed by atoms with Gasteiger partial charge in [-0.1, -0.05) is 18.2 Å². The minimum atomic E-state index is -0.396. The second kappa shape index (κ2) is 5.85. The van der Waals surface area contributed by atoms with Crippen LogP contribution < -0.4 is 10.1 Å². The Morgan fingerprint density at radius 3 is 2.82 bits per heavy atom. The molecule has 2 aromatic carbocycles. The maximum atomic E-state index is 13.7. The molecule has 3 aromatic rings. The van der Waals surface area contributed by atoms with Crippen LogP contribution in [0.3, 0.4) is 0 Å². The topological polar surface area (TPSA) is 67.3 Å². The van der Waals surface area contributed by atoms with Crippen molar-refractivity contribution in [1.29, 1.82) is 0 Å². The van der Waals surface area contributed by atoms with Gasteiger partial charge in [0.15, 0.2) is 11.5 Å². The summed E-state index contributed by atoms with van der Waals surface area (Å²) in [6, 6.07) is 9.94. The smallest absolute Gasteiger partial charge is 0.162 e. The number of nitrogens with zero attached hydrogens (tertiary/aromatic N) is 2. The number of hydrogen-bond acceptors (Lipinski definition) is 5. The molecule has 0 atom stereocenters. The van der Waals surface area contributed by atoms with Crippen molar-refractivity contribution in [2.24, 2.45) is 0 Å². The van der Waals surface area contributed by atoms with Crippen molar-refractivity contribution < 1.29 is 14.2 Å². The quantitative estimate of drug-likeness (QED) is 0.775. The van der Waals surface area contributed by atoms with Crippen LogP contribution in [-0.2, 0) is 6.54 Å². The van der Waals surface area contributed by atoms with E-state index < -0.39 is 5.82 Å². The molecule has 0 saturated carbocycles. The normalized spacial score (nSPS) is 10.6. The summed E-state index contributed by atoms with van der Waals surface area (Å²) in [5.74, 6) is 0.582. The third kappa shape index (κ3) is 2.50. The van der Waals surface area contributed by atoms with E-state index in [1.165, 1.54) is 19.5 Å². The second-order valence-electron chi connectivity index (χ2n) is 4.68. The van der Waals surface area contributed by atoms with Crippen molar-refractivity contribution in [2.75, 3.05) is 12.4 Å². The number of benzene rings is 2. The molecule has 2 N–H and O–H groups in total. The van der Waals surface area contributed by atoms with Gasteiger partial charge in [0, 0.05) is 17.5 Å². The molecule has 0 amide bonds. The molecule has 0 saturated heterocycles. The largest absolute Gasteiger partial charge is 0.504 e. The third-order valence-electron chi connectivity index (χ3n) is 3.36. The van der Waals surface area contributed by atoms with Crippen LogP contribution in [-0.4, -0.2) is 22.2 Å². The molecule has 0 fully saturated rings. The molecule has 0 unspecified atom stereocenters. The van der Waals surface area contributed by atoms with Gasteiger partial charge in [-0.05, 0) is 18.2 Å². The third-order valence-corrected chi connectivity index (χ3v) is 3.36. The van der Waals surface area contributed by atoms with E-state index >= 15 is 0 Å². The Morgan fingerprint density at radius 1 is 1.18 bits per heavy atom. The number of ether oxygens (including phenoxy) is 1. The van der Waals surface area contributed by atoms with Crippen LogP contribution in [0, 0.1) is 5.82 Å². The highest BCUT2D eigenvalue weighted by Gasteiger charge is 2.10. The molecular formula is C16H14FN3O2. The number of phenols is 1. The number of nitrogens with one attached hydrogen (secondary N) is 1. The van der Waals surface area contributed by atoms with Crippen LogP contribution in [0.2, 0.25) is 0 Å². The molecule has 1 aromatic heterocycles. The van der Waals surface area contributed by atoms with Gasteiger partial charge in [-0.3, -0.25) is 0 Å². The van der Waals surface area contributed by atoms with Crippen LogP contribution in [0.15, 0.2) is 42.7 Å². The first-order chi connectivity index (χ1) is 10.7. The molecular weight excluding hydrogens is 285 g/mol. The average Bonchev–Trinajstić information content (AvgIpc) is 2.54. The Morgan fingerprint density at radius 2 is 2.00 bits per heavy atom. The highest BCUT2D eigenvalue weighted by Crippen LogP contribution is 2.30. The molecule has 0 spiro atoms. The SMILES string of the molecule is COc1cccc(CNc2ncnc3c(F)cccc23)c1O. The fourth-order valence-corrected chi connectivity index (χ4v) is 2.25. The number of hydrogen-bond donors (Lipinski definition) is 2.